The molecule has 0 aliphatic heterocycles. The molecule has 0 fully saturated rings. The molecule has 1 aromatic heterocycles. The van der Waals surface area contributed by atoms with Crippen LogP contribution in [0.15, 0.2) is 23.1 Å². The van der Waals surface area contributed by atoms with Gasteiger partial charge in [-0.2, -0.15) is 8.75 Å². The van der Waals surface area contributed by atoms with Gasteiger partial charge in [0.2, 0.25) is 15.9 Å². The van der Waals surface area contributed by atoms with Crippen LogP contribution in [0.1, 0.15) is 6.92 Å². The van der Waals surface area contributed by atoms with Gasteiger partial charge in [0.25, 0.3) is 0 Å². The molecular weight excluding hydrogens is 288 g/mol. The summed E-state index contributed by atoms with van der Waals surface area (Å²) in [5, 5.41) is 2.51. The van der Waals surface area contributed by atoms with Gasteiger partial charge >= 0.3 is 0 Å². The number of benzene rings is 1. The Hall–Kier alpha value is -1.58. The van der Waals surface area contributed by atoms with Gasteiger partial charge in [0.05, 0.1) is 11.7 Å². The van der Waals surface area contributed by atoms with E-state index in [2.05, 4.69) is 18.8 Å². The van der Waals surface area contributed by atoms with Crippen LogP contribution < -0.4 is 10.0 Å². The summed E-state index contributed by atoms with van der Waals surface area (Å²) in [4.78, 5) is 10.8. The van der Waals surface area contributed by atoms with Gasteiger partial charge < -0.3 is 5.32 Å². The summed E-state index contributed by atoms with van der Waals surface area (Å²) in [6.07, 6.45) is 0. The third-order valence-electron chi connectivity index (χ3n) is 2.33. The average Bonchev–Trinajstić information content (AvgIpc) is 2.82. The molecule has 2 rings (SSSR count). The fourth-order valence-electron chi connectivity index (χ4n) is 1.50. The molecule has 19 heavy (non-hydrogen) atoms. The number of hydrogen-bond acceptors (Lipinski definition) is 6. The molecule has 0 atom stereocenters. The summed E-state index contributed by atoms with van der Waals surface area (Å²) in [5.74, 6) is -0.204. The van der Waals surface area contributed by atoms with E-state index in [1.807, 2.05) is 0 Å². The van der Waals surface area contributed by atoms with Crippen molar-refractivity contribution in [1.29, 1.82) is 0 Å². The van der Waals surface area contributed by atoms with Crippen LogP contribution >= 0.6 is 11.7 Å². The van der Waals surface area contributed by atoms with Crippen LogP contribution in [0.25, 0.3) is 11.0 Å². The van der Waals surface area contributed by atoms with Gasteiger partial charge in [-0.15, -0.1) is 0 Å². The van der Waals surface area contributed by atoms with Crippen LogP contribution in [-0.4, -0.2) is 36.2 Å². The summed E-state index contributed by atoms with van der Waals surface area (Å²) in [6, 6.07) is 4.80. The SMILES string of the molecule is CC(=O)NCCNS(=O)(=O)c1cccc2nsnc12. The number of hydrogen-bond donors (Lipinski definition) is 2. The number of sulfonamides is 1. The quantitative estimate of drug-likeness (QED) is 0.763. The minimum absolute atomic E-state index is 0.0987. The van der Waals surface area contributed by atoms with Crippen molar-refractivity contribution in [2.45, 2.75) is 11.8 Å². The maximum Gasteiger partial charge on any atom is 0.242 e. The Morgan fingerprint density at radius 2 is 2.11 bits per heavy atom. The van der Waals surface area contributed by atoms with E-state index in [1.165, 1.54) is 13.0 Å². The van der Waals surface area contributed by atoms with Crippen molar-refractivity contribution in [3.63, 3.8) is 0 Å². The van der Waals surface area contributed by atoms with Crippen molar-refractivity contribution in [3.05, 3.63) is 18.2 Å². The Bertz CT molecular complexity index is 696. The zero-order valence-corrected chi connectivity index (χ0v) is 11.7. The Morgan fingerprint density at radius 3 is 2.84 bits per heavy atom. The largest absolute Gasteiger partial charge is 0.355 e. The van der Waals surface area contributed by atoms with Crippen LogP contribution in [0.5, 0.6) is 0 Å². The van der Waals surface area contributed by atoms with Crippen LogP contribution in [0.2, 0.25) is 0 Å². The fourth-order valence-corrected chi connectivity index (χ4v) is 3.30. The van der Waals surface area contributed by atoms with Crippen LogP contribution in [0.4, 0.5) is 0 Å². The molecule has 0 spiro atoms. The highest BCUT2D eigenvalue weighted by Gasteiger charge is 2.18. The number of fused-ring (bicyclic) bond motifs is 1. The van der Waals surface area contributed by atoms with Gasteiger partial charge in [-0.1, -0.05) is 6.07 Å². The highest BCUT2D eigenvalue weighted by atomic mass is 32.2. The molecular formula is C10H12N4O3S2. The van der Waals surface area contributed by atoms with Crippen molar-refractivity contribution in [2.75, 3.05) is 13.1 Å². The summed E-state index contributed by atoms with van der Waals surface area (Å²) in [6.45, 7) is 1.73. The van der Waals surface area contributed by atoms with E-state index >= 15 is 0 Å². The molecule has 0 bridgehead atoms. The van der Waals surface area contributed by atoms with E-state index < -0.39 is 10.0 Å². The lowest BCUT2D eigenvalue weighted by Crippen LogP contribution is -2.33. The van der Waals surface area contributed by atoms with Crippen molar-refractivity contribution in [2.24, 2.45) is 0 Å². The van der Waals surface area contributed by atoms with E-state index in [1.54, 1.807) is 12.1 Å². The predicted octanol–water partition coefficient (Wildman–Crippen LogP) is 0.106. The lowest BCUT2D eigenvalue weighted by atomic mass is 10.3. The van der Waals surface area contributed by atoms with Crippen LogP contribution in [0, 0.1) is 0 Å². The molecule has 0 radical (unpaired) electrons. The summed E-state index contributed by atoms with van der Waals surface area (Å²) < 4.78 is 34.6. The Morgan fingerprint density at radius 1 is 1.32 bits per heavy atom. The number of carbonyl (C=O) groups excluding carboxylic acids is 1. The first-order valence-corrected chi connectivity index (χ1v) is 7.67. The van der Waals surface area contributed by atoms with Crippen molar-refractivity contribution in [1.82, 2.24) is 18.8 Å². The molecule has 0 aliphatic carbocycles. The van der Waals surface area contributed by atoms with Gasteiger partial charge in [-0.3, -0.25) is 4.79 Å². The fraction of sp³-hybridized carbons (Fsp3) is 0.300. The minimum atomic E-state index is -3.65. The Labute approximate surface area is 114 Å². The summed E-state index contributed by atoms with van der Waals surface area (Å²) in [5.41, 5.74) is 0.911. The predicted molar refractivity (Wildman–Crippen MR) is 71.3 cm³/mol. The molecule has 0 saturated heterocycles. The molecule has 1 heterocycles. The first kappa shape index (κ1) is 13.8. The molecule has 102 valence electrons. The van der Waals surface area contributed by atoms with Gasteiger partial charge in [-0.25, -0.2) is 13.1 Å². The monoisotopic (exact) mass is 300 g/mol. The normalized spacial score (nSPS) is 11.6. The van der Waals surface area contributed by atoms with Crippen LogP contribution in [0.3, 0.4) is 0 Å². The molecule has 0 saturated carbocycles. The van der Waals surface area contributed by atoms with Crippen molar-refractivity contribution >= 4 is 38.7 Å². The van der Waals surface area contributed by atoms with Gasteiger partial charge in [0, 0.05) is 20.0 Å². The second-order valence-corrected chi connectivity index (χ2v) is 6.03. The molecule has 9 heteroatoms. The maximum absolute atomic E-state index is 12.1. The summed E-state index contributed by atoms with van der Waals surface area (Å²) in [7, 11) is -3.65. The lowest BCUT2D eigenvalue weighted by molar-refractivity contribution is -0.118. The van der Waals surface area contributed by atoms with Gasteiger partial charge in [0.15, 0.2) is 0 Å². The highest BCUT2D eigenvalue weighted by molar-refractivity contribution is 7.89. The number of nitrogens with zero attached hydrogens (tertiary/aromatic N) is 2. The van der Waals surface area contributed by atoms with E-state index in [0.29, 0.717) is 11.0 Å². The topological polar surface area (TPSA) is 101 Å². The Kier molecular flexibility index (Phi) is 4.08. The molecule has 2 N–H and O–H groups in total. The first-order chi connectivity index (χ1) is 9.00. The van der Waals surface area contributed by atoms with Gasteiger partial charge in [-0.05, 0) is 12.1 Å². The smallest absolute Gasteiger partial charge is 0.242 e. The number of aromatic nitrogens is 2. The standard InChI is InChI=1S/C10H12N4O3S2/c1-7(15)11-5-6-12-19(16,17)9-4-2-3-8-10(9)14-18-13-8/h2-4,12H,5-6H2,1H3,(H,11,15). The maximum atomic E-state index is 12.1. The third-order valence-corrected chi connectivity index (χ3v) is 4.36. The zero-order valence-electron chi connectivity index (χ0n) is 10.1. The molecule has 0 aliphatic rings. The average molecular weight is 300 g/mol. The zero-order chi connectivity index (χ0) is 13.9. The first-order valence-electron chi connectivity index (χ1n) is 5.46. The minimum Gasteiger partial charge on any atom is -0.355 e. The molecule has 7 nitrogen and oxygen atoms in total. The molecule has 0 unspecified atom stereocenters. The molecule has 1 aromatic carbocycles. The number of rotatable bonds is 5. The number of amides is 1. The van der Waals surface area contributed by atoms with Crippen LogP contribution in [-0.2, 0) is 14.8 Å². The Balaban J connectivity index is 2.15. The van der Waals surface area contributed by atoms with E-state index in [4.69, 9.17) is 0 Å². The summed E-state index contributed by atoms with van der Waals surface area (Å²) >= 11 is 0.966. The van der Waals surface area contributed by atoms with E-state index in [-0.39, 0.29) is 23.9 Å². The third kappa shape index (κ3) is 3.25. The van der Waals surface area contributed by atoms with Crippen molar-refractivity contribution < 1.29 is 13.2 Å². The second-order valence-electron chi connectivity index (χ2n) is 3.77. The molecule has 1 amide bonds. The van der Waals surface area contributed by atoms with Crippen molar-refractivity contribution in [3.8, 4) is 0 Å². The lowest BCUT2D eigenvalue weighted by Gasteiger charge is -2.07. The number of nitrogens with one attached hydrogen (secondary N) is 2. The van der Waals surface area contributed by atoms with E-state index in [0.717, 1.165) is 11.7 Å². The molecule has 2 aromatic rings. The second kappa shape index (κ2) is 5.59. The highest BCUT2D eigenvalue weighted by Crippen LogP contribution is 2.20. The van der Waals surface area contributed by atoms with E-state index in [9.17, 15) is 13.2 Å². The number of carbonyl (C=O) groups is 1. The van der Waals surface area contributed by atoms with Gasteiger partial charge in [0.1, 0.15) is 15.9 Å².